The molecule has 0 aliphatic heterocycles. The first-order valence-electron chi connectivity index (χ1n) is 8.65. The maximum atomic E-state index is 11.7. The second kappa shape index (κ2) is 10.5. The van der Waals surface area contributed by atoms with Crippen LogP contribution in [0.25, 0.3) is 0 Å². The lowest BCUT2D eigenvalue weighted by molar-refractivity contribution is 0.414. The Balaban J connectivity index is 1.73. The van der Waals surface area contributed by atoms with Crippen molar-refractivity contribution in [3.8, 4) is 5.75 Å². The Bertz CT molecular complexity index is 887. The van der Waals surface area contributed by atoms with Gasteiger partial charge in [-0.1, -0.05) is 6.07 Å². The number of thiocarbonyl (C=S) groups is 1. The number of ether oxygens (including phenoxy) is 1. The number of methoxy groups -OCH3 is 1. The van der Waals surface area contributed by atoms with E-state index in [0.717, 1.165) is 30.2 Å². The van der Waals surface area contributed by atoms with Crippen molar-refractivity contribution in [1.29, 1.82) is 0 Å². The monoisotopic (exact) mass is 439 g/mol. The fraction of sp³-hybridized carbons (Fsp3) is 0.316. The van der Waals surface area contributed by atoms with Gasteiger partial charge in [0.1, 0.15) is 5.75 Å². The van der Waals surface area contributed by atoms with Gasteiger partial charge in [0.15, 0.2) is 5.11 Å². The van der Waals surface area contributed by atoms with E-state index in [9.17, 15) is 8.42 Å². The first-order valence-corrected chi connectivity index (χ1v) is 11.9. The van der Waals surface area contributed by atoms with E-state index >= 15 is 0 Å². The van der Waals surface area contributed by atoms with Gasteiger partial charge in [0.05, 0.1) is 19.1 Å². The average molecular weight is 440 g/mol. The smallest absolute Gasteiger partial charge is 0.231 e. The van der Waals surface area contributed by atoms with E-state index in [1.165, 1.54) is 22.5 Å². The minimum atomic E-state index is -3.30. The number of sulfonamides is 1. The summed E-state index contributed by atoms with van der Waals surface area (Å²) in [6.45, 7) is 0.748. The molecule has 9 heteroatoms. The Hall–Kier alpha value is -1.97. The topological polar surface area (TPSA) is 70.7 Å². The van der Waals surface area contributed by atoms with E-state index in [1.54, 1.807) is 37.1 Å². The van der Waals surface area contributed by atoms with E-state index in [1.807, 2.05) is 30.3 Å². The molecule has 28 heavy (non-hydrogen) atoms. The van der Waals surface area contributed by atoms with Crippen LogP contribution in [0.1, 0.15) is 6.42 Å². The summed E-state index contributed by atoms with van der Waals surface area (Å²) in [5.74, 6) is 1.82. The Kier molecular flexibility index (Phi) is 8.40. The molecule has 0 fully saturated rings. The van der Waals surface area contributed by atoms with Crippen molar-refractivity contribution in [2.24, 2.45) is 0 Å². The van der Waals surface area contributed by atoms with Crippen LogP contribution in [0.15, 0.2) is 53.4 Å². The lowest BCUT2D eigenvalue weighted by atomic mass is 10.3. The highest BCUT2D eigenvalue weighted by Crippen LogP contribution is 2.22. The molecule has 2 aromatic carbocycles. The minimum Gasteiger partial charge on any atom is -0.497 e. The highest BCUT2D eigenvalue weighted by atomic mass is 32.2. The van der Waals surface area contributed by atoms with E-state index < -0.39 is 10.0 Å². The third-order valence-electron chi connectivity index (χ3n) is 3.90. The van der Waals surface area contributed by atoms with Gasteiger partial charge in [-0.25, -0.2) is 8.42 Å². The summed E-state index contributed by atoms with van der Waals surface area (Å²) in [5.41, 5.74) is 1.31. The summed E-state index contributed by atoms with van der Waals surface area (Å²) in [4.78, 5) is 1.20. The van der Waals surface area contributed by atoms with Crippen molar-refractivity contribution < 1.29 is 13.2 Å². The molecule has 0 saturated carbocycles. The molecular weight excluding hydrogens is 414 g/mol. The zero-order chi connectivity index (χ0) is 20.6. The number of hydrogen-bond acceptors (Lipinski definition) is 5. The number of anilines is 2. The van der Waals surface area contributed by atoms with Crippen molar-refractivity contribution >= 4 is 50.5 Å². The van der Waals surface area contributed by atoms with E-state index in [4.69, 9.17) is 17.0 Å². The number of nitrogens with zero attached hydrogens (tertiary/aromatic N) is 1. The van der Waals surface area contributed by atoms with Crippen molar-refractivity contribution in [2.45, 2.75) is 11.3 Å². The molecule has 0 bridgehead atoms. The van der Waals surface area contributed by atoms with Crippen LogP contribution >= 0.6 is 24.0 Å². The molecule has 6 nitrogen and oxygen atoms in total. The molecule has 152 valence electrons. The van der Waals surface area contributed by atoms with Crippen LogP contribution < -0.4 is 19.7 Å². The summed E-state index contributed by atoms with van der Waals surface area (Å²) in [5, 5.41) is 6.77. The molecule has 2 rings (SSSR count). The highest BCUT2D eigenvalue weighted by Gasteiger charge is 2.12. The standard InChI is InChI=1S/C19H25N3O3S3/c1-22(28(3,23)24)16-7-4-6-15(14-16)21-19(26)20-12-5-13-27-18-10-8-17(25-2)9-11-18/h4,6-11,14H,5,12-13H2,1-3H3,(H2,20,21,26). The van der Waals surface area contributed by atoms with E-state index in [2.05, 4.69) is 10.6 Å². The Morgan fingerprint density at radius 2 is 1.93 bits per heavy atom. The van der Waals surface area contributed by atoms with Crippen LogP contribution in [0.3, 0.4) is 0 Å². The number of benzene rings is 2. The molecule has 0 spiro atoms. The van der Waals surface area contributed by atoms with E-state index in [0.29, 0.717) is 10.8 Å². The summed E-state index contributed by atoms with van der Waals surface area (Å²) in [6, 6.07) is 15.1. The van der Waals surface area contributed by atoms with E-state index in [-0.39, 0.29) is 0 Å². The number of thioether (sulfide) groups is 1. The fourth-order valence-electron chi connectivity index (χ4n) is 2.28. The molecule has 0 atom stereocenters. The van der Waals surface area contributed by atoms with Gasteiger partial charge < -0.3 is 15.4 Å². The summed E-state index contributed by atoms with van der Waals surface area (Å²) >= 11 is 7.10. The SMILES string of the molecule is COc1ccc(SCCCNC(=S)Nc2cccc(N(C)S(C)(=O)=O)c2)cc1. The molecule has 0 saturated heterocycles. The third kappa shape index (κ3) is 7.21. The van der Waals surface area contributed by atoms with Crippen molar-refractivity contribution in [3.05, 3.63) is 48.5 Å². The number of nitrogens with one attached hydrogen (secondary N) is 2. The molecule has 0 amide bonds. The molecule has 0 aliphatic carbocycles. The molecule has 2 aromatic rings. The normalized spacial score (nSPS) is 11.0. The molecule has 2 N–H and O–H groups in total. The maximum Gasteiger partial charge on any atom is 0.231 e. The number of hydrogen-bond donors (Lipinski definition) is 2. The predicted molar refractivity (Wildman–Crippen MR) is 122 cm³/mol. The van der Waals surface area contributed by atoms with Gasteiger partial charge >= 0.3 is 0 Å². The highest BCUT2D eigenvalue weighted by molar-refractivity contribution is 7.99. The van der Waals surface area contributed by atoms with Crippen LogP contribution in [0.4, 0.5) is 11.4 Å². The Morgan fingerprint density at radius 3 is 2.57 bits per heavy atom. The quantitative estimate of drug-likeness (QED) is 0.352. The Labute approximate surface area is 176 Å². The molecular formula is C19H25N3O3S3. The molecule has 0 aliphatic rings. The van der Waals surface area contributed by atoms with Crippen molar-refractivity contribution in [1.82, 2.24) is 5.32 Å². The van der Waals surface area contributed by atoms with Gasteiger partial charge in [0.2, 0.25) is 10.0 Å². The van der Waals surface area contributed by atoms with Crippen LogP contribution in [0, 0.1) is 0 Å². The second-order valence-electron chi connectivity index (χ2n) is 6.04. The minimum absolute atomic E-state index is 0.508. The van der Waals surface area contributed by atoms with Gasteiger partial charge in [0, 0.05) is 24.2 Å². The second-order valence-corrected chi connectivity index (χ2v) is 9.63. The zero-order valence-corrected chi connectivity index (χ0v) is 18.6. The predicted octanol–water partition coefficient (Wildman–Crippen LogP) is 3.56. The van der Waals surface area contributed by atoms with Gasteiger partial charge in [0.25, 0.3) is 0 Å². The summed E-state index contributed by atoms with van der Waals surface area (Å²) < 4.78 is 29.7. The summed E-state index contributed by atoms with van der Waals surface area (Å²) in [6.07, 6.45) is 2.12. The maximum absolute atomic E-state index is 11.7. The average Bonchev–Trinajstić information content (AvgIpc) is 2.67. The lowest BCUT2D eigenvalue weighted by Crippen LogP contribution is -2.29. The Morgan fingerprint density at radius 1 is 1.21 bits per heavy atom. The summed E-state index contributed by atoms with van der Waals surface area (Å²) in [7, 11) is -0.124. The van der Waals surface area contributed by atoms with Gasteiger partial charge in [-0.3, -0.25) is 4.31 Å². The molecule has 0 heterocycles. The zero-order valence-electron chi connectivity index (χ0n) is 16.1. The largest absolute Gasteiger partial charge is 0.497 e. The van der Waals surface area contributed by atoms with Gasteiger partial charge in [-0.05, 0) is 66.9 Å². The van der Waals surface area contributed by atoms with Crippen LogP contribution in [0.5, 0.6) is 5.75 Å². The first-order chi connectivity index (χ1) is 13.3. The molecule has 0 radical (unpaired) electrons. The van der Waals surface area contributed by atoms with Crippen molar-refractivity contribution in [3.63, 3.8) is 0 Å². The van der Waals surface area contributed by atoms with Gasteiger partial charge in [-0.2, -0.15) is 0 Å². The molecule has 0 unspecified atom stereocenters. The van der Waals surface area contributed by atoms with Crippen LogP contribution in [-0.2, 0) is 10.0 Å². The van der Waals surface area contributed by atoms with Crippen LogP contribution in [0.2, 0.25) is 0 Å². The van der Waals surface area contributed by atoms with Crippen molar-refractivity contribution in [2.75, 3.05) is 42.3 Å². The van der Waals surface area contributed by atoms with Crippen LogP contribution in [-0.4, -0.2) is 46.2 Å². The molecule has 0 aromatic heterocycles. The fourth-order valence-corrected chi connectivity index (χ4v) is 3.85. The lowest BCUT2D eigenvalue weighted by Gasteiger charge is -2.18. The number of rotatable bonds is 9. The van der Waals surface area contributed by atoms with Gasteiger partial charge in [-0.15, -0.1) is 11.8 Å². The third-order valence-corrected chi connectivity index (χ3v) is 6.45. The first kappa shape index (κ1) is 22.3.